The van der Waals surface area contributed by atoms with Crippen LogP contribution >= 0.6 is 7.82 Å². The van der Waals surface area contributed by atoms with E-state index < -0.39 is 56.9 Å². The number of nitrogens with two attached hydrogens (primary N) is 1. The Balaban J connectivity index is 1.24. The van der Waals surface area contributed by atoms with Gasteiger partial charge in [-0.25, -0.2) is 18.5 Å². The molecule has 2 aromatic heterocycles. The predicted octanol–water partition coefficient (Wildman–Crippen LogP) is 7.16. The fourth-order valence-corrected chi connectivity index (χ4v) is 7.94. The molecule has 3 heterocycles. The minimum absolute atomic E-state index is 0.00160. The van der Waals surface area contributed by atoms with Crippen molar-refractivity contribution in [2.24, 2.45) is 4.99 Å². The number of anilines is 1. The first kappa shape index (κ1) is 47.3. The number of phosphoric acid groups is 1. The fraction of sp³-hybridized carbons (Fsp3) is 0.659. The van der Waals surface area contributed by atoms with Crippen molar-refractivity contribution in [1.82, 2.24) is 14.6 Å². The van der Waals surface area contributed by atoms with E-state index in [-0.39, 0.29) is 31.1 Å². The van der Waals surface area contributed by atoms with Gasteiger partial charge in [0.05, 0.1) is 50.3 Å². The number of hydrogen-bond acceptors (Lipinski definition) is 13. The third-order valence-corrected chi connectivity index (χ3v) is 11.3. The number of nitrogen functional groups attached to an aromatic ring is 1. The number of ether oxygens (including phenoxy) is 3. The van der Waals surface area contributed by atoms with Gasteiger partial charge in [0.15, 0.2) is 5.82 Å². The Kier molecular flexibility index (Phi) is 20.1. The van der Waals surface area contributed by atoms with Gasteiger partial charge in [0.1, 0.15) is 47.7 Å². The van der Waals surface area contributed by atoms with Crippen LogP contribution in [-0.2, 0) is 34.4 Å². The van der Waals surface area contributed by atoms with Crippen LogP contribution in [0.15, 0.2) is 41.7 Å². The lowest BCUT2D eigenvalue weighted by atomic mass is 9.95. The van der Waals surface area contributed by atoms with Crippen molar-refractivity contribution in [1.29, 1.82) is 5.26 Å². The largest absolute Gasteiger partial charge is 0.472 e. The van der Waals surface area contributed by atoms with Gasteiger partial charge in [-0.15, -0.1) is 0 Å². The third-order valence-electron chi connectivity index (χ3n) is 10.4. The van der Waals surface area contributed by atoms with Crippen molar-refractivity contribution in [3.63, 3.8) is 0 Å². The van der Waals surface area contributed by atoms with E-state index in [0.29, 0.717) is 23.4 Å². The molecule has 0 radical (unpaired) electrons. The number of aliphatic hydroxyl groups excluding tert-OH is 2. The van der Waals surface area contributed by atoms with Gasteiger partial charge in [-0.1, -0.05) is 96.8 Å². The number of rotatable bonds is 30. The smallest absolute Gasteiger partial charge is 0.387 e. The summed E-state index contributed by atoms with van der Waals surface area (Å²) in [5.74, 6) is -0.409. The first-order valence-corrected chi connectivity index (χ1v) is 22.1. The topological polar surface area (TPSA) is 216 Å². The van der Waals surface area contributed by atoms with Crippen molar-refractivity contribution >= 4 is 25.9 Å². The Hall–Kier alpha value is -3.36. The predicted molar refractivity (Wildman–Crippen MR) is 218 cm³/mol. The van der Waals surface area contributed by atoms with Crippen LogP contribution in [0, 0.1) is 17.1 Å². The standard InChI is InChI=1S/C41H62FN6O9P/c1-3-4-5-6-7-8-9-10-11-12-13-14-15-16-17-20-53-26-34(54-25-32-21-31(24-43)22-33(42)23-32)27-55-58(51,52)56-29-41(28-45-2)39(50)37(49)38(57-41)35-18-19-36-40(44)46-30-47-48(35)36/h18-19,21-23,30,34,37-39,49-50H,2-17,20,25-29H2,1H3,(H,51,52)(H2,44,46,47)/t34-,37+,38+,39+,41-/m1/s1. The highest BCUT2D eigenvalue weighted by atomic mass is 31.2. The van der Waals surface area contributed by atoms with Crippen LogP contribution in [0.3, 0.4) is 0 Å². The second kappa shape index (κ2) is 24.7. The van der Waals surface area contributed by atoms with Gasteiger partial charge in [-0.05, 0) is 49.0 Å². The minimum atomic E-state index is -4.85. The van der Waals surface area contributed by atoms with Gasteiger partial charge in [-0.3, -0.25) is 14.0 Å². The van der Waals surface area contributed by atoms with Gasteiger partial charge in [0, 0.05) is 6.61 Å². The van der Waals surface area contributed by atoms with E-state index in [1.807, 2.05) is 6.07 Å². The van der Waals surface area contributed by atoms with Crippen molar-refractivity contribution in [2.75, 3.05) is 38.7 Å². The van der Waals surface area contributed by atoms with Crippen LogP contribution in [-0.4, -0.2) is 93.3 Å². The molecule has 0 spiro atoms. The molecule has 1 aliphatic rings. The van der Waals surface area contributed by atoms with Crippen LogP contribution in [0.2, 0.25) is 0 Å². The first-order valence-electron chi connectivity index (χ1n) is 20.6. The number of fused-ring (bicyclic) bond motifs is 1. The van der Waals surface area contributed by atoms with Crippen molar-refractivity contribution in [2.45, 2.75) is 140 Å². The molecular formula is C41H62FN6O9P. The van der Waals surface area contributed by atoms with E-state index in [1.54, 1.807) is 12.1 Å². The lowest BCUT2D eigenvalue weighted by Crippen LogP contribution is -2.49. The molecule has 1 aliphatic heterocycles. The van der Waals surface area contributed by atoms with Crippen LogP contribution in [0.4, 0.5) is 10.2 Å². The SMILES string of the molecule is C=NC[C@]1(COP(=O)(O)OC[C@@H](COCCCCCCCCCCCCCCCCC)OCc2cc(F)cc(C#N)c2)O[C@@H](c2ccc3c(N)ncnn23)[C@H](O)[C@@H]1O. The summed E-state index contributed by atoms with van der Waals surface area (Å²) in [4.78, 5) is 18.5. The minimum Gasteiger partial charge on any atom is -0.387 e. The zero-order chi connectivity index (χ0) is 41.8. The van der Waals surface area contributed by atoms with Crippen molar-refractivity contribution in [3.8, 4) is 6.07 Å². The van der Waals surface area contributed by atoms with Gasteiger partial charge in [0.25, 0.3) is 0 Å². The number of phosphoric ester groups is 1. The lowest BCUT2D eigenvalue weighted by Gasteiger charge is -2.30. The molecule has 15 nitrogen and oxygen atoms in total. The van der Waals surface area contributed by atoms with Crippen molar-refractivity contribution < 1.29 is 47.3 Å². The Labute approximate surface area is 341 Å². The number of hydrogen-bond donors (Lipinski definition) is 4. The number of aliphatic imine (C=N–C) groups is 1. The highest BCUT2D eigenvalue weighted by molar-refractivity contribution is 7.47. The van der Waals surface area contributed by atoms with Gasteiger partial charge < -0.3 is 35.1 Å². The summed E-state index contributed by atoms with van der Waals surface area (Å²) in [5.41, 5.74) is 5.45. The number of benzene rings is 1. The summed E-state index contributed by atoms with van der Waals surface area (Å²) < 4.78 is 57.3. The second-order valence-electron chi connectivity index (χ2n) is 15.1. The summed E-state index contributed by atoms with van der Waals surface area (Å²) in [5, 5.41) is 35.6. The molecule has 322 valence electrons. The van der Waals surface area contributed by atoms with E-state index >= 15 is 0 Å². The Morgan fingerprint density at radius 1 is 1.02 bits per heavy atom. The third kappa shape index (κ3) is 14.7. The monoisotopic (exact) mass is 832 g/mol. The Morgan fingerprint density at radius 2 is 1.67 bits per heavy atom. The molecule has 0 aliphatic carbocycles. The molecule has 1 saturated heterocycles. The molecule has 0 saturated carbocycles. The molecule has 1 fully saturated rings. The number of halogens is 1. The Morgan fingerprint density at radius 3 is 2.31 bits per heavy atom. The molecule has 1 unspecified atom stereocenters. The molecule has 0 bridgehead atoms. The zero-order valence-electron chi connectivity index (χ0n) is 33.8. The number of aliphatic hydroxyl groups is 2. The Bertz CT molecular complexity index is 1780. The average molecular weight is 833 g/mol. The van der Waals surface area contributed by atoms with E-state index in [9.17, 15) is 29.3 Å². The van der Waals surface area contributed by atoms with Crippen LogP contribution in [0.25, 0.3) is 5.52 Å². The first-order chi connectivity index (χ1) is 28.0. The number of unbranched alkanes of at least 4 members (excludes halogenated alkanes) is 14. The van der Waals surface area contributed by atoms with Crippen molar-refractivity contribution in [3.05, 3.63) is 59.3 Å². The maximum atomic E-state index is 14.1. The fourth-order valence-electron chi connectivity index (χ4n) is 7.13. The van der Waals surface area contributed by atoms with E-state index in [0.717, 1.165) is 25.3 Å². The average Bonchev–Trinajstić information content (AvgIpc) is 3.74. The molecule has 0 amide bonds. The number of aromatic nitrogens is 3. The summed E-state index contributed by atoms with van der Waals surface area (Å²) in [6.07, 6.45) is 14.7. The molecule has 1 aromatic carbocycles. The lowest BCUT2D eigenvalue weighted by molar-refractivity contribution is -0.107. The number of nitriles is 1. The highest BCUT2D eigenvalue weighted by Gasteiger charge is 2.56. The van der Waals surface area contributed by atoms with E-state index in [1.165, 1.54) is 100 Å². The summed E-state index contributed by atoms with van der Waals surface area (Å²) >= 11 is 0. The molecule has 3 aromatic rings. The second-order valence-corrected chi connectivity index (χ2v) is 16.5. The molecular weight excluding hydrogens is 770 g/mol. The van der Waals surface area contributed by atoms with Gasteiger partial charge >= 0.3 is 7.82 Å². The zero-order valence-corrected chi connectivity index (χ0v) is 34.7. The van der Waals surface area contributed by atoms with Crippen LogP contribution in [0.5, 0.6) is 0 Å². The van der Waals surface area contributed by atoms with Crippen LogP contribution in [0.1, 0.15) is 126 Å². The van der Waals surface area contributed by atoms with Crippen LogP contribution < -0.4 is 5.73 Å². The molecule has 4 rings (SSSR count). The van der Waals surface area contributed by atoms with Gasteiger partial charge in [0.2, 0.25) is 0 Å². The number of nitrogens with zero attached hydrogens (tertiary/aromatic N) is 5. The quantitative estimate of drug-likeness (QED) is 0.0298. The molecule has 17 heteroatoms. The maximum Gasteiger partial charge on any atom is 0.472 e. The molecule has 6 atom stereocenters. The summed E-state index contributed by atoms with van der Waals surface area (Å²) in [6.45, 7) is 4.56. The normalized spacial score (nSPS) is 20.9. The molecule has 58 heavy (non-hydrogen) atoms. The summed E-state index contributed by atoms with van der Waals surface area (Å²) in [6, 6.07) is 8.96. The van der Waals surface area contributed by atoms with E-state index in [2.05, 4.69) is 28.7 Å². The highest BCUT2D eigenvalue weighted by Crippen LogP contribution is 2.48. The molecule has 5 N–H and O–H groups in total. The van der Waals surface area contributed by atoms with E-state index in [4.69, 9.17) is 29.0 Å². The summed E-state index contributed by atoms with van der Waals surface area (Å²) in [7, 11) is -4.85. The van der Waals surface area contributed by atoms with Gasteiger partial charge in [-0.2, -0.15) is 10.4 Å². The maximum absolute atomic E-state index is 14.1.